The van der Waals surface area contributed by atoms with Crippen LogP contribution < -0.4 is 4.89 Å². The Labute approximate surface area is 319 Å². The average molecular weight is 758 g/mol. The molecule has 1 unspecified atom stereocenters. The Bertz CT molecular complexity index is 949. The average Bonchev–Trinajstić information content (AvgIpc) is 3.09. The van der Waals surface area contributed by atoms with E-state index in [9.17, 15) is 19.0 Å². The first-order chi connectivity index (χ1) is 25.0. The maximum Gasteiger partial charge on any atom is 0.306 e. The number of hydrogen-bond donors (Lipinski definition) is 0. The van der Waals surface area contributed by atoms with Gasteiger partial charge in [-0.05, 0) is 51.4 Å². The lowest BCUT2D eigenvalue weighted by molar-refractivity contribution is -0.870. The molecule has 0 amide bonds. The fraction of sp³-hybridized carbons (Fsp3) is 0.857. The summed E-state index contributed by atoms with van der Waals surface area (Å²) in [4.78, 5) is 37.4. The van der Waals surface area contributed by atoms with E-state index in [1.165, 1.54) is 103 Å². The van der Waals surface area contributed by atoms with E-state index in [0.717, 1.165) is 38.5 Å². The van der Waals surface area contributed by atoms with Crippen LogP contribution in [0.25, 0.3) is 0 Å². The van der Waals surface area contributed by atoms with E-state index in [2.05, 4.69) is 32.1 Å². The highest BCUT2D eigenvalue weighted by atomic mass is 31.2. The molecule has 0 aliphatic heterocycles. The molecule has 0 aromatic carbocycles. The van der Waals surface area contributed by atoms with E-state index in [1.54, 1.807) is 0 Å². The van der Waals surface area contributed by atoms with Crippen LogP contribution in [0.2, 0.25) is 0 Å². The van der Waals surface area contributed by atoms with E-state index in [0.29, 0.717) is 23.9 Å². The summed E-state index contributed by atoms with van der Waals surface area (Å²) in [6.45, 7) is 4.16. The number of esters is 2. The zero-order valence-corrected chi connectivity index (χ0v) is 35.2. The normalized spacial score (nSPS) is 13.9. The standard InChI is InChI=1S/C42H80NO8P/c1-6-8-10-12-14-16-18-20-21-23-24-26-28-30-32-34-41(44)48-38-40(39-50-52(46,47)49-37-36-43(3,4)5)51-42(45)35-33-31-29-27-25-22-19-17-15-13-11-9-7-2/h22,25,28,30,40H,6-21,23-24,26-27,29,31-39H2,1-5H3/b25-22+,30-28+/t40-/m1/s1. The van der Waals surface area contributed by atoms with Crippen molar-refractivity contribution in [3.63, 3.8) is 0 Å². The van der Waals surface area contributed by atoms with Gasteiger partial charge in [0, 0.05) is 12.8 Å². The number of unbranched alkanes of at least 4 members (excludes halogenated alkanes) is 20. The maximum atomic E-state index is 12.6. The molecule has 0 radical (unpaired) electrons. The quantitative estimate of drug-likeness (QED) is 0.0201. The summed E-state index contributed by atoms with van der Waals surface area (Å²) < 4.78 is 33.7. The van der Waals surface area contributed by atoms with Crippen molar-refractivity contribution in [3.05, 3.63) is 24.3 Å². The number of quaternary nitrogens is 1. The van der Waals surface area contributed by atoms with E-state index in [-0.39, 0.29) is 26.1 Å². The maximum absolute atomic E-state index is 12.6. The van der Waals surface area contributed by atoms with Crippen LogP contribution in [-0.2, 0) is 32.7 Å². The summed E-state index contributed by atoms with van der Waals surface area (Å²) in [5.41, 5.74) is 0. The Morgan fingerprint density at radius 1 is 0.577 bits per heavy atom. The zero-order valence-electron chi connectivity index (χ0n) is 34.3. The van der Waals surface area contributed by atoms with Crippen molar-refractivity contribution in [1.29, 1.82) is 0 Å². The van der Waals surface area contributed by atoms with Gasteiger partial charge in [-0.3, -0.25) is 14.2 Å². The number of carbonyl (C=O) groups is 2. The second kappa shape index (κ2) is 35.2. The lowest BCUT2D eigenvalue weighted by Crippen LogP contribution is -2.37. The van der Waals surface area contributed by atoms with Crippen molar-refractivity contribution < 1.29 is 42.1 Å². The third-order valence-corrected chi connectivity index (χ3v) is 9.92. The molecular formula is C42H80NO8P. The van der Waals surface area contributed by atoms with Gasteiger partial charge in [-0.15, -0.1) is 0 Å². The molecular weight excluding hydrogens is 677 g/mol. The number of nitrogens with zero attached hydrogens (tertiary/aromatic N) is 1. The van der Waals surface area contributed by atoms with Gasteiger partial charge >= 0.3 is 11.9 Å². The number of carbonyl (C=O) groups excluding carboxylic acids is 2. The fourth-order valence-electron chi connectivity index (χ4n) is 5.61. The Hall–Kier alpha value is -1.51. The zero-order chi connectivity index (χ0) is 38.6. The first-order valence-electron chi connectivity index (χ1n) is 21.0. The van der Waals surface area contributed by atoms with Crippen LogP contribution in [0.1, 0.15) is 181 Å². The van der Waals surface area contributed by atoms with E-state index >= 15 is 0 Å². The van der Waals surface area contributed by atoms with E-state index in [1.807, 2.05) is 27.2 Å². The Kier molecular flexibility index (Phi) is 34.2. The van der Waals surface area contributed by atoms with Gasteiger partial charge < -0.3 is 27.9 Å². The highest BCUT2D eigenvalue weighted by Crippen LogP contribution is 2.38. The second-order valence-electron chi connectivity index (χ2n) is 15.3. The topological polar surface area (TPSA) is 111 Å². The minimum absolute atomic E-state index is 0.0370. The van der Waals surface area contributed by atoms with Crippen molar-refractivity contribution in [2.24, 2.45) is 0 Å². The fourth-order valence-corrected chi connectivity index (χ4v) is 6.34. The van der Waals surface area contributed by atoms with Crippen LogP contribution in [-0.4, -0.2) is 70.0 Å². The molecule has 0 aliphatic carbocycles. The first-order valence-corrected chi connectivity index (χ1v) is 22.5. The van der Waals surface area contributed by atoms with Crippen LogP contribution in [0.4, 0.5) is 0 Å². The summed E-state index contributed by atoms with van der Waals surface area (Å²) in [6.07, 6.45) is 36.5. The van der Waals surface area contributed by atoms with Gasteiger partial charge in [-0.2, -0.15) is 0 Å². The van der Waals surface area contributed by atoms with Crippen molar-refractivity contribution in [2.45, 2.75) is 187 Å². The molecule has 0 spiro atoms. The van der Waals surface area contributed by atoms with Gasteiger partial charge in [-0.1, -0.05) is 141 Å². The minimum atomic E-state index is -4.63. The van der Waals surface area contributed by atoms with Gasteiger partial charge in [-0.25, -0.2) is 0 Å². The molecule has 0 aromatic rings. The van der Waals surface area contributed by atoms with Crippen LogP contribution in [0.5, 0.6) is 0 Å². The SMILES string of the molecule is CCCCCCCC/C=C/CCCCCC(=O)O[C@H](COC(=O)CC/C=C/CCCCCCCCCCCCC)COP(=O)([O-])OCC[N+](C)(C)C. The molecule has 9 nitrogen and oxygen atoms in total. The third-order valence-electron chi connectivity index (χ3n) is 8.96. The molecule has 0 aliphatic rings. The number of phosphoric ester groups is 1. The molecule has 10 heteroatoms. The predicted molar refractivity (Wildman–Crippen MR) is 213 cm³/mol. The summed E-state index contributed by atoms with van der Waals surface area (Å²) in [7, 11) is 1.14. The molecule has 0 aromatic heterocycles. The largest absolute Gasteiger partial charge is 0.756 e. The predicted octanol–water partition coefficient (Wildman–Crippen LogP) is 10.9. The molecule has 0 fully saturated rings. The first kappa shape index (κ1) is 50.5. The van der Waals surface area contributed by atoms with Crippen molar-refractivity contribution in [3.8, 4) is 0 Å². The van der Waals surface area contributed by atoms with Gasteiger partial charge in [0.05, 0.1) is 27.7 Å². The molecule has 0 saturated heterocycles. The van der Waals surface area contributed by atoms with Crippen LogP contribution in [0.15, 0.2) is 24.3 Å². The van der Waals surface area contributed by atoms with Crippen LogP contribution in [0.3, 0.4) is 0 Å². The molecule has 52 heavy (non-hydrogen) atoms. The number of hydrogen-bond acceptors (Lipinski definition) is 8. The molecule has 306 valence electrons. The van der Waals surface area contributed by atoms with Crippen molar-refractivity contribution >= 4 is 19.8 Å². The smallest absolute Gasteiger partial charge is 0.306 e. The highest BCUT2D eigenvalue weighted by Gasteiger charge is 2.21. The second-order valence-corrected chi connectivity index (χ2v) is 16.8. The number of phosphoric acid groups is 1. The van der Waals surface area contributed by atoms with Gasteiger partial charge in [0.15, 0.2) is 6.10 Å². The summed E-state index contributed by atoms with van der Waals surface area (Å²) >= 11 is 0. The molecule has 0 saturated carbocycles. The molecule has 0 bridgehead atoms. The summed E-state index contributed by atoms with van der Waals surface area (Å²) in [5.74, 6) is -0.908. The Morgan fingerprint density at radius 3 is 1.50 bits per heavy atom. The summed E-state index contributed by atoms with van der Waals surface area (Å²) in [5, 5.41) is 0. The number of rotatable bonds is 38. The molecule has 0 heterocycles. The van der Waals surface area contributed by atoms with Gasteiger partial charge in [0.2, 0.25) is 0 Å². The van der Waals surface area contributed by atoms with Crippen LogP contribution in [0, 0.1) is 0 Å². The van der Waals surface area contributed by atoms with E-state index < -0.39 is 32.5 Å². The molecule has 2 atom stereocenters. The molecule has 0 rings (SSSR count). The summed E-state index contributed by atoms with van der Waals surface area (Å²) in [6, 6.07) is 0. The lowest BCUT2D eigenvalue weighted by atomic mass is 10.1. The van der Waals surface area contributed by atoms with Crippen molar-refractivity contribution in [1.82, 2.24) is 0 Å². The van der Waals surface area contributed by atoms with Gasteiger partial charge in [0.1, 0.15) is 19.8 Å². The third kappa shape index (κ3) is 38.2. The minimum Gasteiger partial charge on any atom is -0.756 e. The Balaban J connectivity index is 4.44. The number of allylic oxidation sites excluding steroid dienone is 4. The molecule has 0 N–H and O–H groups in total. The number of likely N-dealkylation sites (N-methyl/N-ethyl adjacent to an activating group) is 1. The monoisotopic (exact) mass is 758 g/mol. The Morgan fingerprint density at radius 2 is 1.02 bits per heavy atom. The number of ether oxygens (including phenoxy) is 2. The van der Waals surface area contributed by atoms with Crippen molar-refractivity contribution in [2.75, 3.05) is 47.5 Å². The van der Waals surface area contributed by atoms with E-state index in [4.69, 9.17) is 18.5 Å². The lowest BCUT2D eigenvalue weighted by Gasteiger charge is -2.28. The highest BCUT2D eigenvalue weighted by molar-refractivity contribution is 7.45. The van der Waals surface area contributed by atoms with Crippen LogP contribution >= 0.6 is 7.82 Å². The van der Waals surface area contributed by atoms with Gasteiger partial charge in [0.25, 0.3) is 7.82 Å².